The zero-order valence-corrected chi connectivity index (χ0v) is 32.2. The molecule has 3 saturated carbocycles. The maximum atomic E-state index is 13.4. The third kappa shape index (κ3) is 7.06. The van der Waals surface area contributed by atoms with Gasteiger partial charge in [-0.25, -0.2) is 4.79 Å². The van der Waals surface area contributed by atoms with Gasteiger partial charge in [-0.1, -0.05) is 38.0 Å². The van der Waals surface area contributed by atoms with E-state index < -0.39 is 98.2 Å². The van der Waals surface area contributed by atoms with Gasteiger partial charge in [-0.3, -0.25) is 0 Å². The third-order valence-electron chi connectivity index (χ3n) is 15.4. The fourth-order valence-corrected chi connectivity index (χ4v) is 12.0. The summed E-state index contributed by atoms with van der Waals surface area (Å²) in [6, 6.07) is 0. The smallest absolute Gasteiger partial charge is 0.336 e. The van der Waals surface area contributed by atoms with Crippen LogP contribution in [-0.2, 0) is 28.5 Å². The normalized spacial score (nSPS) is 50.7. The quantitative estimate of drug-likeness (QED) is 0.109. The lowest BCUT2D eigenvalue weighted by Crippen LogP contribution is -2.60. The van der Waals surface area contributed by atoms with Crippen LogP contribution < -0.4 is 0 Å². The lowest BCUT2D eigenvalue weighted by molar-refractivity contribution is -0.315. The summed E-state index contributed by atoms with van der Waals surface area (Å²) >= 11 is 0. The Bertz CT molecular complexity index is 1470. The Morgan fingerprint density at radius 1 is 0.836 bits per heavy atom. The molecule has 7 rings (SSSR count). The highest BCUT2D eigenvalue weighted by molar-refractivity contribution is 5.90. The van der Waals surface area contributed by atoms with Crippen molar-refractivity contribution in [2.75, 3.05) is 19.8 Å². The van der Waals surface area contributed by atoms with Crippen LogP contribution in [0.3, 0.4) is 0 Å². The Balaban J connectivity index is 0.993. The van der Waals surface area contributed by atoms with Crippen molar-refractivity contribution in [3.8, 4) is 0 Å². The molecule has 0 spiro atoms. The van der Waals surface area contributed by atoms with Crippen LogP contribution in [0, 0.1) is 40.4 Å². The number of carbonyl (C=O) groups is 1. The summed E-state index contributed by atoms with van der Waals surface area (Å²) in [6.45, 7) is 7.30. The van der Waals surface area contributed by atoms with Gasteiger partial charge >= 0.3 is 5.97 Å². The zero-order valence-electron chi connectivity index (χ0n) is 32.2. The van der Waals surface area contributed by atoms with Gasteiger partial charge in [0.15, 0.2) is 12.6 Å². The topological polar surface area (TPSA) is 245 Å². The molecule has 3 heterocycles. The van der Waals surface area contributed by atoms with E-state index in [2.05, 4.69) is 26.8 Å². The molecule has 15 nitrogen and oxygen atoms in total. The average molecular weight is 783 g/mol. The molecule has 7 aliphatic rings. The lowest BCUT2D eigenvalue weighted by Gasteiger charge is -2.60. The number of carbonyl (C=O) groups excluding carboxylic acids is 1. The van der Waals surface area contributed by atoms with Crippen LogP contribution in [0.1, 0.15) is 79.1 Å². The molecule has 0 bridgehead atoms. The third-order valence-corrected chi connectivity index (χ3v) is 15.4. The highest BCUT2D eigenvalue weighted by atomic mass is 16.7. The number of ether oxygens (including phenoxy) is 5. The van der Waals surface area contributed by atoms with E-state index in [9.17, 15) is 50.8 Å². The second kappa shape index (κ2) is 15.9. The highest BCUT2D eigenvalue weighted by Gasteiger charge is 2.62. The van der Waals surface area contributed by atoms with Crippen molar-refractivity contribution in [1.29, 1.82) is 0 Å². The Kier molecular flexibility index (Phi) is 12.0. The summed E-state index contributed by atoms with van der Waals surface area (Å²) in [6.07, 6.45) is -6.87. The summed E-state index contributed by atoms with van der Waals surface area (Å²) in [7, 11) is 0. The minimum absolute atomic E-state index is 0.0210. The first-order valence-corrected chi connectivity index (χ1v) is 20.2. The fraction of sp³-hybridized carbons (Fsp3) is 0.875. The van der Waals surface area contributed by atoms with Crippen LogP contribution >= 0.6 is 0 Å². The maximum Gasteiger partial charge on any atom is 0.336 e. The van der Waals surface area contributed by atoms with Gasteiger partial charge in [0.1, 0.15) is 54.9 Å². The molecular weight excluding hydrogens is 720 g/mol. The molecule has 5 fully saturated rings. The average Bonchev–Trinajstić information content (AvgIpc) is 3.51. The Hall–Kier alpha value is -1.57. The Labute approximate surface area is 321 Å². The van der Waals surface area contributed by atoms with Crippen LogP contribution in [0.15, 0.2) is 22.8 Å². The molecule has 55 heavy (non-hydrogen) atoms. The van der Waals surface area contributed by atoms with Crippen molar-refractivity contribution < 1.29 is 74.4 Å². The van der Waals surface area contributed by atoms with E-state index in [1.54, 1.807) is 0 Å². The Morgan fingerprint density at radius 2 is 1.47 bits per heavy atom. The molecule has 15 heteroatoms. The molecule has 20 unspecified atom stereocenters. The van der Waals surface area contributed by atoms with Crippen LogP contribution in [0.5, 0.6) is 0 Å². The predicted octanol–water partition coefficient (Wildman–Crippen LogP) is -0.194. The number of rotatable bonds is 9. The van der Waals surface area contributed by atoms with E-state index in [0.717, 1.165) is 43.3 Å². The summed E-state index contributed by atoms with van der Waals surface area (Å²) in [5.74, 6) is 0.996. The second-order valence-corrected chi connectivity index (χ2v) is 18.0. The molecule has 0 aromatic heterocycles. The molecule has 0 radical (unpaired) electrons. The first kappa shape index (κ1) is 41.6. The van der Waals surface area contributed by atoms with Crippen molar-refractivity contribution in [3.63, 3.8) is 0 Å². The van der Waals surface area contributed by atoms with Crippen LogP contribution in [0.4, 0.5) is 0 Å². The van der Waals surface area contributed by atoms with E-state index >= 15 is 0 Å². The fourth-order valence-electron chi connectivity index (χ4n) is 12.0. The van der Waals surface area contributed by atoms with E-state index in [0.29, 0.717) is 42.6 Å². The number of fused-ring (bicyclic) bond motifs is 5. The minimum atomic E-state index is -1.58. The second-order valence-electron chi connectivity index (χ2n) is 18.0. The van der Waals surface area contributed by atoms with Gasteiger partial charge in [0.25, 0.3) is 0 Å². The minimum Gasteiger partial charge on any atom is -0.458 e. The van der Waals surface area contributed by atoms with Crippen LogP contribution in [0.25, 0.3) is 0 Å². The number of cyclic esters (lactones) is 1. The first-order valence-electron chi connectivity index (χ1n) is 20.2. The number of esters is 1. The first-order chi connectivity index (χ1) is 26.0. The van der Waals surface area contributed by atoms with Gasteiger partial charge in [0.2, 0.25) is 0 Å². The SMILES string of the molecule is CC1=C(COC2OC(CO)C(O)C(O)C2O)C(=O)OC(C(C)C2CCC3C4CC=C5CC(OC6OC(CO)C(O)C(O)C6O)CC(O)C5(C)C4CCC23C)C1. The van der Waals surface area contributed by atoms with Crippen molar-refractivity contribution in [3.05, 3.63) is 22.8 Å². The van der Waals surface area contributed by atoms with Gasteiger partial charge < -0.3 is 69.6 Å². The molecule has 312 valence electrons. The molecule has 2 saturated heterocycles. The molecule has 0 amide bonds. The van der Waals surface area contributed by atoms with E-state index in [4.69, 9.17) is 23.7 Å². The summed E-state index contributed by atoms with van der Waals surface area (Å²) in [5.41, 5.74) is 1.85. The van der Waals surface area contributed by atoms with Crippen LogP contribution in [-0.4, -0.2) is 151 Å². The summed E-state index contributed by atoms with van der Waals surface area (Å²) in [4.78, 5) is 13.4. The number of aliphatic hydroxyl groups is 9. The highest BCUT2D eigenvalue weighted by Crippen LogP contribution is 2.67. The van der Waals surface area contributed by atoms with E-state index in [1.165, 1.54) is 0 Å². The molecule has 3 aliphatic heterocycles. The van der Waals surface area contributed by atoms with Gasteiger partial charge in [0, 0.05) is 18.3 Å². The maximum absolute atomic E-state index is 13.4. The summed E-state index contributed by atoms with van der Waals surface area (Å²) in [5, 5.41) is 92.5. The largest absolute Gasteiger partial charge is 0.458 e. The van der Waals surface area contributed by atoms with Crippen molar-refractivity contribution in [1.82, 2.24) is 0 Å². The molecular formula is C40H62O15. The van der Waals surface area contributed by atoms with Crippen molar-refractivity contribution >= 4 is 5.97 Å². The number of hydrogen-bond donors (Lipinski definition) is 9. The van der Waals surface area contributed by atoms with Gasteiger partial charge in [0.05, 0.1) is 37.6 Å². The van der Waals surface area contributed by atoms with E-state index in [-0.39, 0.29) is 30.0 Å². The van der Waals surface area contributed by atoms with Gasteiger partial charge in [-0.15, -0.1) is 0 Å². The molecule has 20 atom stereocenters. The number of allylic oxidation sites excluding steroid dienone is 1. The predicted molar refractivity (Wildman–Crippen MR) is 191 cm³/mol. The monoisotopic (exact) mass is 782 g/mol. The molecule has 9 N–H and O–H groups in total. The molecule has 0 aromatic rings. The lowest BCUT2D eigenvalue weighted by atomic mass is 9.46. The Morgan fingerprint density at radius 3 is 2.11 bits per heavy atom. The van der Waals surface area contributed by atoms with Gasteiger partial charge in [-0.05, 0) is 80.5 Å². The zero-order chi connectivity index (χ0) is 39.7. The van der Waals surface area contributed by atoms with Crippen LogP contribution in [0.2, 0.25) is 0 Å². The van der Waals surface area contributed by atoms with E-state index in [1.807, 2.05) is 6.92 Å². The molecule has 4 aliphatic carbocycles. The van der Waals surface area contributed by atoms with Gasteiger partial charge in [-0.2, -0.15) is 0 Å². The number of hydrogen-bond acceptors (Lipinski definition) is 15. The standard InChI is InChI=1S/C40H62O15/c1-17-11-26(53-36(50)22(17)16-51-37-34(48)32(46)30(44)27(14-41)54-37)18(2)23-7-8-24-21-6-5-19-12-20(52-38-35(49)33(47)31(45)28(15-42)55-38)13-29(43)40(19,4)25(21)9-10-39(23,24)3/h5,18,20-21,23-35,37-38,41-49H,6-16H2,1-4H3. The number of aliphatic hydroxyl groups excluding tert-OH is 9. The van der Waals surface area contributed by atoms with Crippen molar-refractivity contribution in [2.45, 2.75) is 159 Å². The summed E-state index contributed by atoms with van der Waals surface area (Å²) < 4.78 is 29.0. The molecule has 0 aromatic carbocycles. The van der Waals surface area contributed by atoms with Crippen molar-refractivity contribution in [2.24, 2.45) is 40.4 Å².